The molecule has 32 heavy (non-hydrogen) atoms. The summed E-state index contributed by atoms with van der Waals surface area (Å²) >= 11 is 6.21. The normalized spacial score (nSPS) is 11.3. The lowest BCUT2D eigenvalue weighted by Crippen LogP contribution is -1.94. The van der Waals surface area contributed by atoms with E-state index < -0.39 is 0 Å². The molecule has 4 aromatic carbocycles. The van der Waals surface area contributed by atoms with Gasteiger partial charge in [-0.2, -0.15) is 0 Å². The molecule has 0 radical (unpaired) electrons. The first-order valence-electron chi connectivity index (χ1n) is 10.4. The molecule has 2 heterocycles. The number of hydrogen-bond acceptors (Lipinski definition) is 3. The molecule has 0 saturated heterocycles. The van der Waals surface area contributed by atoms with E-state index in [0.29, 0.717) is 16.4 Å². The van der Waals surface area contributed by atoms with E-state index in [1.54, 1.807) is 0 Å². The molecular formula is C28H17ClN2O. The van der Waals surface area contributed by atoms with Gasteiger partial charge in [0.05, 0.1) is 0 Å². The van der Waals surface area contributed by atoms with Crippen LogP contribution in [0.15, 0.2) is 108 Å². The number of benzene rings is 4. The molecule has 3 nitrogen and oxygen atoms in total. The SMILES string of the molecule is Clc1cccc(-c2cccc(-c3nc(-c4ccccc4)c4oc5ccccc5c4n3)c2)c1. The van der Waals surface area contributed by atoms with Gasteiger partial charge in [0, 0.05) is 21.5 Å². The van der Waals surface area contributed by atoms with Crippen molar-refractivity contribution in [2.45, 2.75) is 0 Å². The standard InChI is InChI=1S/C28H17ClN2O/c29-22-13-7-11-20(17-22)19-10-6-12-21(16-19)28-30-25(18-8-2-1-3-9-18)27-26(31-28)23-14-4-5-15-24(23)32-27/h1-17H. The van der Waals surface area contributed by atoms with Gasteiger partial charge in [0.2, 0.25) is 0 Å². The monoisotopic (exact) mass is 432 g/mol. The Morgan fingerprint density at radius 3 is 2.12 bits per heavy atom. The Labute approximate surface area is 190 Å². The molecule has 0 aliphatic rings. The summed E-state index contributed by atoms with van der Waals surface area (Å²) in [6.45, 7) is 0. The smallest absolute Gasteiger partial charge is 0.180 e. The fraction of sp³-hybridized carbons (Fsp3) is 0. The second-order valence-electron chi connectivity index (χ2n) is 7.63. The Balaban J connectivity index is 1.60. The van der Waals surface area contributed by atoms with Crippen LogP contribution in [0.2, 0.25) is 5.02 Å². The average Bonchev–Trinajstić information content (AvgIpc) is 3.23. The van der Waals surface area contributed by atoms with E-state index in [-0.39, 0.29) is 0 Å². The quantitative estimate of drug-likeness (QED) is 0.284. The van der Waals surface area contributed by atoms with Gasteiger partial charge in [-0.25, -0.2) is 9.97 Å². The van der Waals surface area contributed by atoms with E-state index >= 15 is 0 Å². The minimum atomic E-state index is 0.659. The maximum absolute atomic E-state index is 6.21. The van der Waals surface area contributed by atoms with Crippen LogP contribution in [0.1, 0.15) is 0 Å². The summed E-state index contributed by atoms with van der Waals surface area (Å²) in [6.07, 6.45) is 0. The van der Waals surface area contributed by atoms with Gasteiger partial charge in [-0.15, -0.1) is 0 Å². The molecule has 0 bridgehead atoms. The van der Waals surface area contributed by atoms with E-state index in [1.165, 1.54) is 0 Å². The Morgan fingerprint density at radius 2 is 1.28 bits per heavy atom. The molecule has 0 aliphatic heterocycles. The largest absolute Gasteiger partial charge is 0.452 e. The summed E-state index contributed by atoms with van der Waals surface area (Å²) in [5, 5.41) is 1.69. The second-order valence-corrected chi connectivity index (χ2v) is 8.07. The molecule has 0 unspecified atom stereocenters. The highest BCUT2D eigenvalue weighted by molar-refractivity contribution is 6.30. The molecule has 6 aromatic rings. The first-order valence-corrected chi connectivity index (χ1v) is 10.8. The highest BCUT2D eigenvalue weighted by Crippen LogP contribution is 2.36. The van der Waals surface area contributed by atoms with Crippen molar-refractivity contribution in [3.8, 4) is 33.8 Å². The van der Waals surface area contributed by atoms with Gasteiger partial charge in [0.1, 0.15) is 16.8 Å². The van der Waals surface area contributed by atoms with Crippen molar-refractivity contribution in [2.24, 2.45) is 0 Å². The van der Waals surface area contributed by atoms with E-state index in [1.807, 2.05) is 91.0 Å². The van der Waals surface area contributed by atoms with Gasteiger partial charge in [-0.3, -0.25) is 0 Å². The predicted molar refractivity (Wildman–Crippen MR) is 131 cm³/mol. The highest BCUT2D eigenvalue weighted by atomic mass is 35.5. The third kappa shape index (κ3) is 3.24. The third-order valence-corrected chi connectivity index (χ3v) is 5.78. The molecule has 0 amide bonds. The molecule has 0 N–H and O–H groups in total. The van der Waals surface area contributed by atoms with Crippen molar-refractivity contribution in [2.75, 3.05) is 0 Å². The topological polar surface area (TPSA) is 38.9 Å². The lowest BCUT2D eigenvalue weighted by atomic mass is 10.0. The van der Waals surface area contributed by atoms with Gasteiger partial charge in [0.15, 0.2) is 11.4 Å². The molecular weight excluding hydrogens is 416 g/mol. The molecule has 2 aromatic heterocycles. The van der Waals surface area contributed by atoms with Crippen LogP contribution in [0.5, 0.6) is 0 Å². The summed E-state index contributed by atoms with van der Waals surface area (Å²) in [4.78, 5) is 9.90. The third-order valence-electron chi connectivity index (χ3n) is 5.55. The maximum atomic E-state index is 6.21. The van der Waals surface area contributed by atoms with Gasteiger partial charge in [-0.1, -0.05) is 84.4 Å². The molecule has 0 saturated carbocycles. The first kappa shape index (κ1) is 18.8. The fourth-order valence-corrected chi connectivity index (χ4v) is 4.21. The number of fused-ring (bicyclic) bond motifs is 3. The highest BCUT2D eigenvalue weighted by Gasteiger charge is 2.18. The zero-order chi connectivity index (χ0) is 21.5. The van der Waals surface area contributed by atoms with Crippen LogP contribution in [0.4, 0.5) is 0 Å². The van der Waals surface area contributed by atoms with Crippen LogP contribution in [0.25, 0.3) is 55.8 Å². The van der Waals surface area contributed by atoms with Crippen LogP contribution in [0, 0.1) is 0 Å². The van der Waals surface area contributed by atoms with Gasteiger partial charge < -0.3 is 4.42 Å². The zero-order valence-electron chi connectivity index (χ0n) is 17.0. The Morgan fingerprint density at radius 1 is 0.594 bits per heavy atom. The number of para-hydroxylation sites is 1. The van der Waals surface area contributed by atoms with Crippen molar-refractivity contribution in [3.05, 3.63) is 108 Å². The second kappa shape index (κ2) is 7.63. The van der Waals surface area contributed by atoms with Crippen molar-refractivity contribution in [1.29, 1.82) is 0 Å². The van der Waals surface area contributed by atoms with Crippen LogP contribution in [0.3, 0.4) is 0 Å². The van der Waals surface area contributed by atoms with E-state index in [2.05, 4.69) is 12.1 Å². The average molecular weight is 433 g/mol. The summed E-state index contributed by atoms with van der Waals surface area (Å²) in [5.74, 6) is 0.659. The zero-order valence-corrected chi connectivity index (χ0v) is 17.8. The maximum Gasteiger partial charge on any atom is 0.180 e. The number of halogens is 1. The number of hydrogen-bond donors (Lipinski definition) is 0. The lowest BCUT2D eigenvalue weighted by molar-refractivity contribution is 0.667. The molecule has 0 atom stereocenters. The first-order chi connectivity index (χ1) is 15.8. The number of nitrogens with zero attached hydrogens (tertiary/aromatic N) is 2. The Kier molecular flexibility index (Phi) is 4.48. The minimum Gasteiger partial charge on any atom is -0.452 e. The van der Waals surface area contributed by atoms with E-state index in [4.69, 9.17) is 26.0 Å². The van der Waals surface area contributed by atoms with Gasteiger partial charge in [-0.05, 0) is 41.5 Å². The van der Waals surface area contributed by atoms with Crippen LogP contribution >= 0.6 is 11.6 Å². The Bertz CT molecular complexity index is 1590. The van der Waals surface area contributed by atoms with Crippen molar-refractivity contribution in [1.82, 2.24) is 9.97 Å². The molecule has 4 heteroatoms. The number of rotatable bonds is 3. The summed E-state index contributed by atoms with van der Waals surface area (Å²) in [6, 6.07) is 34.1. The number of furan rings is 1. The number of aromatic nitrogens is 2. The van der Waals surface area contributed by atoms with Crippen LogP contribution in [-0.4, -0.2) is 9.97 Å². The summed E-state index contributed by atoms with van der Waals surface area (Å²) in [5.41, 5.74) is 7.15. The minimum absolute atomic E-state index is 0.659. The fourth-order valence-electron chi connectivity index (χ4n) is 4.02. The van der Waals surface area contributed by atoms with E-state index in [0.717, 1.165) is 44.4 Å². The molecule has 0 aliphatic carbocycles. The van der Waals surface area contributed by atoms with Crippen LogP contribution in [-0.2, 0) is 0 Å². The lowest BCUT2D eigenvalue weighted by Gasteiger charge is -2.08. The van der Waals surface area contributed by atoms with Gasteiger partial charge in [0.25, 0.3) is 0 Å². The van der Waals surface area contributed by atoms with Crippen molar-refractivity contribution in [3.63, 3.8) is 0 Å². The predicted octanol–water partition coefficient (Wildman–Crippen LogP) is 8.03. The van der Waals surface area contributed by atoms with Crippen LogP contribution < -0.4 is 0 Å². The molecule has 6 rings (SSSR count). The van der Waals surface area contributed by atoms with Crippen molar-refractivity contribution >= 4 is 33.7 Å². The summed E-state index contributed by atoms with van der Waals surface area (Å²) < 4.78 is 6.20. The molecule has 152 valence electrons. The van der Waals surface area contributed by atoms with E-state index in [9.17, 15) is 0 Å². The Hall–Kier alpha value is -3.95. The molecule has 0 spiro atoms. The van der Waals surface area contributed by atoms with Crippen molar-refractivity contribution < 1.29 is 4.42 Å². The summed E-state index contributed by atoms with van der Waals surface area (Å²) in [7, 11) is 0. The van der Waals surface area contributed by atoms with Gasteiger partial charge >= 0.3 is 0 Å². The molecule has 0 fully saturated rings.